The summed E-state index contributed by atoms with van der Waals surface area (Å²) in [5, 5.41) is 13.1. The van der Waals surface area contributed by atoms with Crippen molar-refractivity contribution in [3.63, 3.8) is 0 Å². The van der Waals surface area contributed by atoms with Gasteiger partial charge < -0.3 is 14.4 Å². The van der Waals surface area contributed by atoms with Crippen molar-refractivity contribution in [2.75, 3.05) is 31.3 Å². The fourth-order valence-corrected chi connectivity index (χ4v) is 5.68. The van der Waals surface area contributed by atoms with E-state index in [9.17, 15) is 0 Å². The SMILES string of the molecule is CCn1nncc1-c1cc(N2CCOC[C@H]2C)nc2c(-c3ccnn3C3CCCCO3)nsc12. The lowest BCUT2D eigenvalue weighted by atomic mass is 10.1. The maximum Gasteiger partial charge on any atom is 0.150 e. The minimum atomic E-state index is -0.0665. The monoisotopic (exact) mass is 480 g/mol. The molecule has 0 N–H and O–H groups in total. The fourth-order valence-electron chi connectivity index (χ4n) is 4.83. The van der Waals surface area contributed by atoms with Crippen molar-refractivity contribution >= 4 is 27.6 Å². The number of hydrogen-bond donors (Lipinski definition) is 0. The molecule has 6 heterocycles. The van der Waals surface area contributed by atoms with Gasteiger partial charge in [-0.25, -0.2) is 14.3 Å². The predicted molar refractivity (Wildman–Crippen MR) is 130 cm³/mol. The van der Waals surface area contributed by atoms with E-state index in [2.05, 4.69) is 40.2 Å². The van der Waals surface area contributed by atoms with E-state index in [1.54, 1.807) is 0 Å². The zero-order valence-electron chi connectivity index (χ0n) is 19.4. The molecule has 11 heteroatoms. The van der Waals surface area contributed by atoms with Crippen molar-refractivity contribution in [1.29, 1.82) is 0 Å². The molecule has 0 radical (unpaired) electrons. The van der Waals surface area contributed by atoms with Gasteiger partial charge in [0.15, 0.2) is 6.23 Å². The van der Waals surface area contributed by atoms with Crippen LogP contribution in [0.2, 0.25) is 0 Å². The average molecular weight is 481 g/mol. The van der Waals surface area contributed by atoms with Crippen molar-refractivity contribution in [1.82, 2.24) is 34.1 Å². The second-order valence-corrected chi connectivity index (χ2v) is 9.54. The summed E-state index contributed by atoms with van der Waals surface area (Å²) < 4.78 is 21.5. The minimum absolute atomic E-state index is 0.0665. The highest BCUT2D eigenvalue weighted by atomic mass is 32.1. The van der Waals surface area contributed by atoms with Crippen molar-refractivity contribution in [2.24, 2.45) is 0 Å². The lowest BCUT2D eigenvalue weighted by Gasteiger charge is -2.34. The third kappa shape index (κ3) is 3.68. The number of ether oxygens (including phenoxy) is 2. The first-order chi connectivity index (χ1) is 16.7. The first kappa shape index (κ1) is 21.6. The molecule has 0 bridgehead atoms. The molecule has 0 saturated carbocycles. The molecule has 2 aliphatic rings. The third-order valence-electron chi connectivity index (χ3n) is 6.61. The summed E-state index contributed by atoms with van der Waals surface area (Å²) in [7, 11) is 0. The van der Waals surface area contributed by atoms with Gasteiger partial charge in [0, 0.05) is 31.5 Å². The summed E-state index contributed by atoms with van der Waals surface area (Å²) in [5.74, 6) is 0.920. The van der Waals surface area contributed by atoms with E-state index < -0.39 is 0 Å². The van der Waals surface area contributed by atoms with Gasteiger partial charge in [0.1, 0.15) is 17.0 Å². The topological polar surface area (TPSA) is 96.0 Å². The van der Waals surface area contributed by atoms with E-state index in [0.29, 0.717) is 13.2 Å². The van der Waals surface area contributed by atoms with E-state index in [4.69, 9.17) is 18.8 Å². The number of nitrogens with zero attached hydrogens (tertiary/aromatic N) is 8. The van der Waals surface area contributed by atoms with E-state index in [1.807, 2.05) is 27.8 Å². The lowest BCUT2D eigenvalue weighted by Crippen LogP contribution is -2.44. The van der Waals surface area contributed by atoms with E-state index in [1.165, 1.54) is 11.5 Å². The number of pyridine rings is 1. The van der Waals surface area contributed by atoms with Gasteiger partial charge in [0.05, 0.1) is 41.5 Å². The number of fused-ring (bicyclic) bond motifs is 1. The molecule has 2 saturated heterocycles. The number of rotatable bonds is 5. The largest absolute Gasteiger partial charge is 0.377 e. The van der Waals surface area contributed by atoms with Crippen molar-refractivity contribution < 1.29 is 9.47 Å². The molecule has 2 atom stereocenters. The van der Waals surface area contributed by atoms with Crippen LogP contribution >= 0.6 is 11.5 Å². The minimum Gasteiger partial charge on any atom is -0.377 e. The summed E-state index contributed by atoms with van der Waals surface area (Å²) in [6.07, 6.45) is 6.76. The Hall–Kier alpha value is -2.89. The number of anilines is 1. The van der Waals surface area contributed by atoms with Gasteiger partial charge in [-0.1, -0.05) is 5.21 Å². The van der Waals surface area contributed by atoms with Gasteiger partial charge in [-0.3, -0.25) is 0 Å². The zero-order valence-corrected chi connectivity index (χ0v) is 20.2. The highest BCUT2D eigenvalue weighted by Crippen LogP contribution is 2.40. The molecule has 0 aromatic carbocycles. The van der Waals surface area contributed by atoms with E-state index in [0.717, 1.165) is 77.6 Å². The number of aromatic nitrogens is 7. The highest BCUT2D eigenvalue weighted by Gasteiger charge is 2.27. The molecule has 1 unspecified atom stereocenters. The molecule has 10 nitrogen and oxygen atoms in total. The maximum absolute atomic E-state index is 6.03. The van der Waals surface area contributed by atoms with E-state index in [-0.39, 0.29) is 12.3 Å². The van der Waals surface area contributed by atoms with Gasteiger partial charge in [-0.05, 0) is 56.8 Å². The Balaban J connectivity index is 1.53. The Bertz CT molecular complexity index is 1290. The van der Waals surface area contributed by atoms with Crippen LogP contribution < -0.4 is 4.90 Å². The Labute approximate surface area is 201 Å². The van der Waals surface area contributed by atoms with Crippen LogP contribution in [0.4, 0.5) is 5.82 Å². The quantitative estimate of drug-likeness (QED) is 0.426. The summed E-state index contributed by atoms with van der Waals surface area (Å²) in [5.41, 5.74) is 4.67. The molecule has 2 fully saturated rings. The fraction of sp³-hybridized carbons (Fsp3) is 0.522. The number of morpholine rings is 1. The number of aryl methyl sites for hydroxylation is 1. The molecule has 4 aromatic heterocycles. The van der Waals surface area contributed by atoms with Gasteiger partial charge >= 0.3 is 0 Å². The van der Waals surface area contributed by atoms with Crippen LogP contribution in [-0.4, -0.2) is 66.5 Å². The summed E-state index contributed by atoms with van der Waals surface area (Å²) in [6, 6.07) is 4.39. The molecule has 6 rings (SSSR count). The third-order valence-corrected chi connectivity index (χ3v) is 7.48. The first-order valence-corrected chi connectivity index (χ1v) is 12.7. The zero-order chi connectivity index (χ0) is 23.1. The molecule has 0 amide bonds. The average Bonchev–Trinajstić information content (AvgIpc) is 3.63. The molecule has 0 aliphatic carbocycles. The predicted octanol–water partition coefficient (Wildman–Crippen LogP) is 3.76. The van der Waals surface area contributed by atoms with Crippen LogP contribution in [0.25, 0.3) is 32.9 Å². The normalized spacial score (nSPS) is 21.4. The Morgan fingerprint density at radius 1 is 1.21 bits per heavy atom. The highest BCUT2D eigenvalue weighted by molar-refractivity contribution is 7.14. The summed E-state index contributed by atoms with van der Waals surface area (Å²) >= 11 is 1.46. The second kappa shape index (κ2) is 9.05. The molecular weight excluding hydrogens is 452 g/mol. The first-order valence-electron chi connectivity index (χ1n) is 11.9. The number of hydrogen-bond acceptors (Lipinski definition) is 9. The molecular formula is C23H28N8O2S. The van der Waals surface area contributed by atoms with Crippen LogP contribution in [0.5, 0.6) is 0 Å². The van der Waals surface area contributed by atoms with Gasteiger partial charge in [0.2, 0.25) is 0 Å². The van der Waals surface area contributed by atoms with Gasteiger partial charge in [0.25, 0.3) is 0 Å². The van der Waals surface area contributed by atoms with Crippen LogP contribution in [0.3, 0.4) is 0 Å². The Morgan fingerprint density at radius 2 is 2.15 bits per heavy atom. The maximum atomic E-state index is 6.03. The lowest BCUT2D eigenvalue weighted by molar-refractivity contribution is -0.0383. The smallest absolute Gasteiger partial charge is 0.150 e. The second-order valence-electron chi connectivity index (χ2n) is 8.77. The van der Waals surface area contributed by atoms with Gasteiger partial charge in [-0.15, -0.1) is 5.10 Å². The van der Waals surface area contributed by atoms with Crippen LogP contribution in [0, 0.1) is 0 Å². The molecule has 0 spiro atoms. The van der Waals surface area contributed by atoms with Crippen LogP contribution in [0.1, 0.15) is 39.3 Å². The molecule has 2 aliphatic heterocycles. The molecule has 178 valence electrons. The summed E-state index contributed by atoms with van der Waals surface area (Å²) in [4.78, 5) is 7.48. The van der Waals surface area contributed by atoms with Crippen molar-refractivity contribution in [3.8, 4) is 22.6 Å². The van der Waals surface area contributed by atoms with Gasteiger partial charge in [-0.2, -0.15) is 9.47 Å². The standard InChI is InChI=1S/C23H28N8O2S/c1-3-30-18(13-24-28-30)16-12-19(29-9-11-32-14-15(29)2)26-22-21(27-34-23(16)22)17-7-8-25-31(17)20-6-4-5-10-33-20/h7-8,12-13,15,20H,3-6,9-11,14H2,1-2H3/t15-,20?/m1/s1. The van der Waals surface area contributed by atoms with Crippen LogP contribution in [-0.2, 0) is 16.0 Å². The van der Waals surface area contributed by atoms with E-state index >= 15 is 0 Å². The summed E-state index contributed by atoms with van der Waals surface area (Å²) in [6.45, 7) is 7.91. The Kier molecular flexibility index (Phi) is 5.75. The Morgan fingerprint density at radius 3 is 2.97 bits per heavy atom. The van der Waals surface area contributed by atoms with Crippen molar-refractivity contribution in [2.45, 2.75) is 51.9 Å². The molecule has 34 heavy (non-hydrogen) atoms. The molecule has 4 aromatic rings. The van der Waals surface area contributed by atoms with Crippen molar-refractivity contribution in [3.05, 3.63) is 24.5 Å². The van der Waals surface area contributed by atoms with Crippen LogP contribution in [0.15, 0.2) is 24.5 Å².